The quantitative estimate of drug-likeness (QED) is 0.887. The molecule has 3 rings (SSSR count). The molecule has 0 spiro atoms. The number of carbonyl (C=O) groups is 1. The number of benzene rings is 1. The van der Waals surface area contributed by atoms with Crippen molar-refractivity contribution in [3.05, 3.63) is 35.4 Å². The van der Waals surface area contributed by atoms with Crippen molar-refractivity contribution in [2.24, 2.45) is 5.92 Å². The molecule has 1 amide bonds. The maximum absolute atomic E-state index is 12.4. The molecule has 108 valence electrons. The van der Waals surface area contributed by atoms with Crippen LogP contribution in [0.4, 0.5) is 0 Å². The molecule has 0 unspecified atom stereocenters. The van der Waals surface area contributed by atoms with Crippen LogP contribution in [0.3, 0.4) is 0 Å². The first-order chi connectivity index (χ1) is 9.74. The molecule has 0 saturated heterocycles. The van der Waals surface area contributed by atoms with E-state index in [9.17, 15) is 4.79 Å². The molecular formula is C17H24N2O. The first-order valence-corrected chi connectivity index (χ1v) is 7.84. The fourth-order valence-electron chi connectivity index (χ4n) is 3.54. The molecule has 20 heavy (non-hydrogen) atoms. The van der Waals surface area contributed by atoms with E-state index >= 15 is 0 Å². The van der Waals surface area contributed by atoms with E-state index in [1.165, 1.54) is 36.8 Å². The summed E-state index contributed by atoms with van der Waals surface area (Å²) in [5.74, 6) is 0.841. The Hall–Kier alpha value is -1.35. The second kappa shape index (κ2) is 5.96. The summed E-state index contributed by atoms with van der Waals surface area (Å²) in [5, 5.41) is 6.58. The minimum atomic E-state index is -0.0752. The summed E-state index contributed by atoms with van der Waals surface area (Å²) in [6.45, 7) is 2.96. The molecule has 3 heteroatoms. The van der Waals surface area contributed by atoms with Crippen LogP contribution in [0.15, 0.2) is 24.3 Å². The summed E-state index contributed by atoms with van der Waals surface area (Å²) < 4.78 is 0. The van der Waals surface area contributed by atoms with Crippen LogP contribution in [0.25, 0.3) is 0 Å². The standard InChI is InChI=1S/C17H24N2O/c1-12(13-6-2-3-7-13)19-17(20)16-10-14-8-4-5-9-15(14)11-18-16/h4-5,8-9,12-13,16,18H,2-3,6-7,10-11H2,1H3,(H,19,20)/t12-,16+/m1/s1. The van der Waals surface area contributed by atoms with Crippen LogP contribution in [-0.4, -0.2) is 18.0 Å². The SMILES string of the molecule is C[C@@H](NC(=O)[C@@H]1Cc2ccccc2CN1)C1CCCC1. The Kier molecular flexibility index (Phi) is 4.06. The van der Waals surface area contributed by atoms with Crippen molar-refractivity contribution in [2.45, 2.75) is 57.7 Å². The Labute approximate surface area is 121 Å². The van der Waals surface area contributed by atoms with Crippen LogP contribution < -0.4 is 10.6 Å². The normalized spacial score (nSPS) is 24.1. The number of nitrogens with one attached hydrogen (secondary N) is 2. The van der Waals surface area contributed by atoms with Gasteiger partial charge in [0.05, 0.1) is 6.04 Å². The second-order valence-electron chi connectivity index (χ2n) is 6.25. The van der Waals surface area contributed by atoms with Crippen LogP contribution in [0.5, 0.6) is 0 Å². The van der Waals surface area contributed by atoms with Crippen molar-refractivity contribution in [1.29, 1.82) is 0 Å². The fraction of sp³-hybridized carbons (Fsp3) is 0.588. The highest BCUT2D eigenvalue weighted by Crippen LogP contribution is 2.27. The Morgan fingerprint density at radius 1 is 1.25 bits per heavy atom. The average Bonchev–Trinajstić information content (AvgIpc) is 3.01. The molecular weight excluding hydrogens is 248 g/mol. The Bertz CT molecular complexity index is 480. The van der Waals surface area contributed by atoms with Crippen LogP contribution in [-0.2, 0) is 17.8 Å². The van der Waals surface area contributed by atoms with E-state index in [2.05, 4.69) is 41.8 Å². The van der Waals surface area contributed by atoms with Gasteiger partial charge in [-0.1, -0.05) is 37.1 Å². The predicted molar refractivity (Wildman–Crippen MR) is 80.3 cm³/mol. The third-order valence-electron chi connectivity index (χ3n) is 4.87. The van der Waals surface area contributed by atoms with Gasteiger partial charge in [-0.25, -0.2) is 0 Å². The molecule has 1 aliphatic carbocycles. The minimum Gasteiger partial charge on any atom is -0.352 e. The highest BCUT2D eigenvalue weighted by atomic mass is 16.2. The van der Waals surface area contributed by atoms with E-state index in [4.69, 9.17) is 0 Å². The maximum atomic E-state index is 12.4. The number of hydrogen-bond acceptors (Lipinski definition) is 2. The van der Waals surface area contributed by atoms with Crippen molar-refractivity contribution in [3.63, 3.8) is 0 Å². The molecule has 1 aliphatic heterocycles. The van der Waals surface area contributed by atoms with Gasteiger partial charge in [0.25, 0.3) is 0 Å². The largest absolute Gasteiger partial charge is 0.352 e. The zero-order chi connectivity index (χ0) is 13.9. The molecule has 1 fully saturated rings. The topological polar surface area (TPSA) is 41.1 Å². The summed E-state index contributed by atoms with van der Waals surface area (Å²) >= 11 is 0. The van der Waals surface area contributed by atoms with Crippen LogP contribution >= 0.6 is 0 Å². The average molecular weight is 272 g/mol. The first kappa shape index (κ1) is 13.6. The number of fused-ring (bicyclic) bond motifs is 1. The Balaban J connectivity index is 1.58. The number of amides is 1. The molecule has 2 N–H and O–H groups in total. The van der Waals surface area contributed by atoms with Crippen molar-refractivity contribution in [2.75, 3.05) is 0 Å². The van der Waals surface area contributed by atoms with E-state index in [0.29, 0.717) is 12.0 Å². The minimum absolute atomic E-state index is 0.0752. The number of hydrogen-bond donors (Lipinski definition) is 2. The van der Waals surface area contributed by atoms with E-state index in [1.807, 2.05) is 0 Å². The summed E-state index contributed by atoms with van der Waals surface area (Å²) in [7, 11) is 0. The zero-order valence-corrected chi connectivity index (χ0v) is 12.2. The fourth-order valence-corrected chi connectivity index (χ4v) is 3.54. The lowest BCUT2D eigenvalue weighted by molar-refractivity contribution is -0.124. The lowest BCUT2D eigenvalue weighted by atomic mass is 9.94. The van der Waals surface area contributed by atoms with E-state index in [0.717, 1.165) is 13.0 Å². The van der Waals surface area contributed by atoms with Crippen molar-refractivity contribution < 1.29 is 4.79 Å². The maximum Gasteiger partial charge on any atom is 0.237 e. The van der Waals surface area contributed by atoms with E-state index in [-0.39, 0.29) is 11.9 Å². The number of rotatable bonds is 3. The molecule has 1 heterocycles. The summed E-state index contributed by atoms with van der Waals surface area (Å²) in [6, 6.07) is 8.62. The predicted octanol–water partition coefficient (Wildman–Crippen LogP) is 2.40. The molecule has 0 bridgehead atoms. The highest BCUT2D eigenvalue weighted by Gasteiger charge is 2.28. The molecule has 3 nitrogen and oxygen atoms in total. The van der Waals surface area contributed by atoms with E-state index in [1.54, 1.807) is 0 Å². The highest BCUT2D eigenvalue weighted by molar-refractivity contribution is 5.82. The van der Waals surface area contributed by atoms with E-state index < -0.39 is 0 Å². The second-order valence-corrected chi connectivity index (χ2v) is 6.25. The van der Waals surface area contributed by atoms with Gasteiger partial charge < -0.3 is 10.6 Å². The first-order valence-electron chi connectivity index (χ1n) is 7.84. The smallest absolute Gasteiger partial charge is 0.237 e. The van der Waals surface area contributed by atoms with Gasteiger partial charge in [-0.3, -0.25) is 4.79 Å². The molecule has 0 aromatic heterocycles. The van der Waals surface area contributed by atoms with Gasteiger partial charge in [0.15, 0.2) is 0 Å². The van der Waals surface area contributed by atoms with Crippen LogP contribution in [0.2, 0.25) is 0 Å². The molecule has 1 saturated carbocycles. The van der Waals surface area contributed by atoms with Crippen molar-refractivity contribution >= 4 is 5.91 Å². The zero-order valence-electron chi connectivity index (χ0n) is 12.2. The Morgan fingerprint density at radius 2 is 1.95 bits per heavy atom. The molecule has 1 aromatic rings. The third-order valence-corrected chi connectivity index (χ3v) is 4.87. The molecule has 2 atom stereocenters. The van der Waals surface area contributed by atoms with Crippen molar-refractivity contribution in [3.8, 4) is 0 Å². The lowest BCUT2D eigenvalue weighted by Crippen LogP contribution is -2.51. The van der Waals surface area contributed by atoms with Gasteiger partial charge in [0, 0.05) is 12.6 Å². The van der Waals surface area contributed by atoms with Crippen LogP contribution in [0, 0.1) is 5.92 Å². The third kappa shape index (κ3) is 2.88. The van der Waals surface area contributed by atoms with Gasteiger partial charge in [0.1, 0.15) is 0 Å². The number of carbonyl (C=O) groups excluding carboxylic acids is 1. The Morgan fingerprint density at radius 3 is 2.70 bits per heavy atom. The van der Waals surface area contributed by atoms with Crippen LogP contribution in [0.1, 0.15) is 43.7 Å². The van der Waals surface area contributed by atoms with Crippen molar-refractivity contribution in [1.82, 2.24) is 10.6 Å². The molecule has 0 radical (unpaired) electrons. The monoisotopic (exact) mass is 272 g/mol. The van der Waals surface area contributed by atoms with Gasteiger partial charge in [-0.15, -0.1) is 0 Å². The van der Waals surface area contributed by atoms with Gasteiger partial charge in [-0.2, -0.15) is 0 Å². The summed E-state index contributed by atoms with van der Waals surface area (Å²) in [5.41, 5.74) is 2.63. The summed E-state index contributed by atoms with van der Waals surface area (Å²) in [6.07, 6.45) is 5.98. The lowest BCUT2D eigenvalue weighted by Gasteiger charge is -2.28. The van der Waals surface area contributed by atoms with Gasteiger partial charge >= 0.3 is 0 Å². The van der Waals surface area contributed by atoms with Gasteiger partial charge in [-0.05, 0) is 43.2 Å². The van der Waals surface area contributed by atoms with Gasteiger partial charge in [0.2, 0.25) is 5.91 Å². The molecule has 1 aromatic carbocycles. The molecule has 2 aliphatic rings. The summed E-state index contributed by atoms with van der Waals surface area (Å²) in [4.78, 5) is 12.4.